The van der Waals surface area contributed by atoms with E-state index >= 15 is 0 Å². The number of hydrogen-bond donors (Lipinski definition) is 2. The van der Waals surface area contributed by atoms with E-state index in [1.165, 1.54) is 6.92 Å². The van der Waals surface area contributed by atoms with E-state index in [1.807, 2.05) is 84.9 Å². The fourth-order valence-electron chi connectivity index (χ4n) is 5.31. The molecule has 0 saturated carbocycles. The average Bonchev–Trinajstić information content (AvgIpc) is 2.93. The van der Waals surface area contributed by atoms with Crippen molar-refractivity contribution in [3.63, 3.8) is 0 Å². The topological polar surface area (TPSA) is 96.3 Å². The van der Waals surface area contributed by atoms with Crippen LogP contribution in [-0.2, 0) is 25.3 Å². The summed E-state index contributed by atoms with van der Waals surface area (Å²) in [5.74, 6) is -0.656. The molecule has 0 aromatic heterocycles. The van der Waals surface area contributed by atoms with Gasteiger partial charge in [0.1, 0.15) is 24.4 Å². The Kier molecular flexibility index (Phi) is 8.81. The summed E-state index contributed by atoms with van der Waals surface area (Å²) in [5.41, 5.74) is 0.00523. The van der Waals surface area contributed by atoms with Crippen LogP contribution in [0.25, 0.3) is 0 Å². The van der Waals surface area contributed by atoms with Crippen LogP contribution in [-0.4, -0.2) is 59.9 Å². The van der Waals surface area contributed by atoms with Crippen LogP contribution in [0.3, 0.4) is 0 Å². The number of rotatable bonds is 11. The van der Waals surface area contributed by atoms with Crippen LogP contribution in [0, 0.1) is 0 Å². The Bertz CT molecular complexity index is 1170. The molecule has 1 fully saturated rings. The Hall–Kier alpha value is -3.68. The molecular weight excluding hydrogens is 482 g/mol. The molecular formula is C31H35NO6. The average molecular weight is 518 g/mol. The molecule has 0 aliphatic carbocycles. The van der Waals surface area contributed by atoms with Gasteiger partial charge in [0.25, 0.3) is 0 Å². The van der Waals surface area contributed by atoms with Gasteiger partial charge in [-0.25, -0.2) is 0 Å². The summed E-state index contributed by atoms with van der Waals surface area (Å²) >= 11 is 0. The molecule has 4 rings (SSSR count). The minimum atomic E-state index is -1.17. The molecule has 1 saturated heterocycles. The van der Waals surface area contributed by atoms with E-state index in [2.05, 4.69) is 4.90 Å². The van der Waals surface area contributed by atoms with Crippen molar-refractivity contribution in [2.45, 2.75) is 37.2 Å². The number of ether oxygens (including phenoxy) is 2. The summed E-state index contributed by atoms with van der Waals surface area (Å²) in [5, 5.41) is 22.1. The summed E-state index contributed by atoms with van der Waals surface area (Å²) in [7, 11) is 0. The molecule has 0 atom stereocenters. The van der Waals surface area contributed by atoms with Gasteiger partial charge in [-0.05, 0) is 43.0 Å². The van der Waals surface area contributed by atoms with Gasteiger partial charge in [-0.15, -0.1) is 0 Å². The molecule has 3 aromatic rings. The third-order valence-electron chi connectivity index (χ3n) is 7.42. The van der Waals surface area contributed by atoms with Crippen molar-refractivity contribution in [2.24, 2.45) is 0 Å². The lowest BCUT2D eigenvalue weighted by Crippen LogP contribution is -2.46. The highest BCUT2D eigenvalue weighted by Gasteiger charge is 2.43. The van der Waals surface area contributed by atoms with Gasteiger partial charge in [0.15, 0.2) is 0 Å². The van der Waals surface area contributed by atoms with Gasteiger partial charge >= 0.3 is 11.9 Å². The van der Waals surface area contributed by atoms with Gasteiger partial charge in [-0.3, -0.25) is 9.59 Å². The third kappa shape index (κ3) is 6.06. The number of likely N-dealkylation sites (tertiary alicyclic amines) is 1. The second-order valence-electron chi connectivity index (χ2n) is 9.75. The molecule has 1 aliphatic heterocycles. The van der Waals surface area contributed by atoms with E-state index in [4.69, 9.17) is 9.47 Å². The molecule has 2 N–H and O–H groups in total. The molecule has 7 heteroatoms. The zero-order chi connectivity index (χ0) is 27.0. The fourth-order valence-corrected chi connectivity index (χ4v) is 5.31. The maximum absolute atomic E-state index is 12.9. The normalized spacial score (nSPS) is 15.5. The number of para-hydroxylation sites is 1. The lowest BCUT2D eigenvalue weighted by atomic mass is 9.71. The van der Waals surface area contributed by atoms with Gasteiger partial charge < -0.3 is 24.6 Å². The van der Waals surface area contributed by atoms with Crippen molar-refractivity contribution >= 4 is 11.9 Å². The van der Waals surface area contributed by atoms with E-state index in [1.54, 1.807) is 0 Å². The number of benzene rings is 3. The SMILES string of the molecule is CC(=O)OCCOc1ccccc1C1(O)CCN(CCC(C(=O)O)(c2ccccc2)c2ccccc2)CC1. The third-order valence-corrected chi connectivity index (χ3v) is 7.42. The number of carboxylic acids is 1. The number of carbonyl (C=O) groups excluding carboxylic acids is 1. The van der Waals surface area contributed by atoms with Crippen molar-refractivity contribution in [2.75, 3.05) is 32.8 Å². The van der Waals surface area contributed by atoms with E-state index < -0.39 is 17.0 Å². The quantitative estimate of drug-likeness (QED) is 0.288. The largest absolute Gasteiger partial charge is 0.490 e. The Balaban J connectivity index is 1.46. The number of esters is 1. The first-order valence-corrected chi connectivity index (χ1v) is 13.0. The Morgan fingerprint density at radius 3 is 1.97 bits per heavy atom. The fraction of sp³-hybridized carbons (Fsp3) is 0.355. The summed E-state index contributed by atoms with van der Waals surface area (Å²) in [4.78, 5) is 26.1. The predicted molar refractivity (Wildman–Crippen MR) is 144 cm³/mol. The van der Waals surface area contributed by atoms with Crippen LogP contribution in [0.4, 0.5) is 0 Å². The first-order chi connectivity index (χ1) is 18.3. The lowest BCUT2D eigenvalue weighted by Gasteiger charge is -2.40. The van der Waals surface area contributed by atoms with Crippen LogP contribution >= 0.6 is 0 Å². The monoisotopic (exact) mass is 517 g/mol. The zero-order valence-corrected chi connectivity index (χ0v) is 21.7. The highest BCUT2D eigenvalue weighted by atomic mass is 16.6. The van der Waals surface area contributed by atoms with Crippen LogP contribution in [0.1, 0.15) is 42.9 Å². The molecule has 7 nitrogen and oxygen atoms in total. The predicted octanol–water partition coefficient (Wildman–Crippen LogP) is 4.37. The van der Waals surface area contributed by atoms with E-state index in [-0.39, 0.29) is 19.2 Å². The summed E-state index contributed by atoms with van der Waals surface area (Å²) in [6.45, 7) is 3.52. The van der Waals surface area contributed by atoms with E-state index in [0.29, 0.717) is 44.6 Å². The van der Waals surface area contributed by atoms with Crippen LogP contribution in [0.5, 0.6) is 5.75 Å². The molecule has 0 amide bonds. The number of carboxylic acid groups (broad SMARTS) is 1. The molecule has 1 aliphatic rings. The van der Waals surface area contributed by atoms with Gasteiger partial charge in [-0.2, -0.15) is 0 Å². The highest BCUT2D eigenvalue weighted by molar-refractivity contribution is 5.86. The number of piperidine rings is 1. The second-order valence-corrected chi connectivity index (χ2v) is 9.75. The van der Waals surface area contributed by atoms with Crippen molar-refractivity contribution in [1.29, 1.82) is 0 Å². The highest BCUT2D eigenvalue weighted by Crippen LogP contribution is 2.40. The maximum Gasteiger partial charge on any atom is 0.318 e. The molecule has 0 spiro atoms. The van der Waals surface area contributed by atoms with Crippen molar-refractivity contribution < 1.29 is 29.3 Å². The Morgan fingerprint density at radius 2 is 1.42 bits per heavy atom. The Morgan fingerprint density at radius 1 is 0.868 bits per heavy atom. The van der Waals surface area contributed by atoms with Gasteiger partial charge in [0.2, 0.25) is 0 Å². The van der Waals surface area contributed by atoms with Crippen molar-refractivity contribution in [3.8, 4) is 5.75 Å². The summed E-state index contributed by atoms with van der Waals surface area (Å²) in [6.07, 6.45) is 1.40. The first-order valence-electron chi connectivity index (χ1n) is 13.0. The van der Waals surface area contributed by atoms with Crippen molar-refractivity contribution in [1.82, 2.24) is 4.90 Å². The molecule has 0 bridgehead atoms. The number of aliphatic carboxylic acids is 1. The van der Waals surface area contributed by atoms with Gasteiger partial charge in [0.05, 0.1) is 5.60 Å². The van der Waals surface area contributed by atoms with Crippen LogP contribution in [0.2, 0.25) is 0 Å². The van der Waals surface area contributed by atoms with Gasteiger partial charge in [-0.1, -0.05) is 78.9 Å². The second kappa shape index (κ2) is 12.2. The van der Waals surface area contributed by atoms with Gasteiger partial charge in [0, 0.05) is 25.6 Å². The van der Waals surface area contributed by atoms with Crippen molar-refractivity contribution in [3.05, 3.63) is 102 Å². The molecule has 3 aromatic carbocycles. The zero-order valence-electron chi connectivity index (χ0n) is 21.7. The smallest absolute Gasteiger partial charge is 0.318 e. The standard InChI is InChI=1S/C31H35NO6/c1-24(33)37-22-23-38-28-15-9-8-14-27(28)30(36)16-19-32(20-17-30)21-18-31(29(34)35,25-10-4-2-5-11-25)26-12-6-3-7-13-26/h2-15,36H,16-23H2,1H3,(H,34,35). The molecule has 0 radical (unpaired) electrons. The maximum atomic E-state index is 12.9. The number of aliphatic hydroxyl groups is 1. The number of hydrogen-bond acceptors (Lipinski definition) is 6. The van der Waals surface area contributed by atoms with E-state index in [0.717, 1.165) is 16.7 Å². The summed E-state index contributed by atoms with van der Waals surface area (Å²) in [6, 6.07) is 26.2. The van der Waals surface area contributed by atoms with E-state index in [9.17, 15) is 19.8 Å². The molecule has 200 valence electrons. The number of nitrogens with zero attached hydrogens (tertiary/aromatic N) is 1. The Labute approximate surface area is 223 Å². The minimum absolute atomic E-state index is 0.143. The molecule has 1 heterocycles. The number of carbonyl (C=O) groups is 2. The first kappa shape index (κ1) is 27.4. The summed E-state index contributed by atoms with van der Waals surface area (Å²) < 4.78 is 10.8. The van der Waals surface area contributed by atoms with Crippen LogP contribution < -0.4 is 4.74 Å². The van der Waals surface area contributed by atoms with Crippen LogP contribution in [0.15, 0.2) is 84.9 Å². The molecule has 38 heavy (non-hydrogen) atoms. The lowest BCUT2D eigenvalue weighted by molar-refractivity contribution is -0.143. The minimum Gasteiger partial charge on any atom is -0.490 e. The molecule has 0 unspecified atom stereocenters.